The summed E-state index contributed by atoms with van der Waals surface area (Å²) in [7, 11) is -4.75. The maximum absolute atomic E-state index is 11.8. The summed E-state index contributed by atoms with van der Waals surface area (Å²) in [6, 6.07) is 0. The van der Waals surface area contributed by atoms with Crippen LogP contribution >= 0.6 is 7.82 Å². The van der Waals surface area contributed by atoms with Crippen LogP contribution in [0.5, 0.6) is 0 Å². The Morgan fingerprint density at radius 2 is 2.09 bits per heavy atom. The van der Waals surface area contributed by atoms with E-state index in [1.165, 1.54) is 6.20 Å². The minimum Gasteiger partial charge on any atom is -0.387 e. The van der Waals surface area contributed by atoms with Crippen molar-refractivity contribution in [1.29, 1.82) is 0 Å². The van der Waals surface area contributed by atoms with E-state index >= 15 is 0 Å². The first-order valence-electron chi connectivity index (χ1n) is 6.17. The number of hydrogen-bond acceptors (Lipinski definition) is 8. The Labute approximate surface area is 124 Å². The zero-order valence-corrected chi connectivity index (χ0v) is 12.3. The summed E-state index contributed by atoms with van der Waals surface area (Å²) in [5, 5.41) is 19.8. The van der Waals surface area contributed by atoms with Crippen molar-refractivity contribution in [1.82, 2.24) is 9.55 Å². The number of aryl methyl sites for hydroxylation is 1. The highest BCUT2D eigenvalue weighted by atomic mass is 31.2. The molecule has 1 unspecified atom stereocenters. The number of aromatic nitrogens is 2. The van der Waals surface area contributed by atoms with Crippen LogP contribution in [0.4, 0.5) is 5.82 Å². The van der Waals surface area contributed by atoms with Crippen molar-refractivity contribution >= 4 is 13.6 Å². The number of anilines is 1. The molecular weight excluding hydrogens is 321 g/mol. The molecule has 2 heterocycles. The number of hydrogen-bond donors (Lipinski definition) is 5. The van der Waals surface area contributed by atoms with Gasteiger partial charge in [-0.05, 0) is 6.92 Å². The number of nitrogen functional groups attached to an aromatic ring is 1. The second-order valence-corrected chi connectivity index (χ2v) is 6.07. The average Bonchev–Trinajstić information content (AvgIpc) is 2.68. The number of aliphatic hydroxyl groups is 2. The first-order chi connectivity index (χ1) is 10.1. The minimum absolute atomic E-state index is 0.0238. The Balaban J connectivity index is 2.22. The Morgan fingerprint density at radius 3 is 2.68 bits per heavy atom. The smallest absolute Gasteiger partial charge is 0.387 e. The highest BCUT2D eigenvalue weighted by Gasteiger charge is 2.45. The average molecular weight is 337 g/mol. The highest BCUT2D eigenvalue weighted by molar-refractivity contribution is 7.46. The molecule has 0 radical (unpaired) electrons. The van der Waals surface area contributed by atoms with E-state index in [4.69, 9.17) is 20.3 Å². The number of nitrogens with two attached hydrogens (primary N) is 1. The Bertz CT molecular complexity index is 658. The number of aliphatic hydroxyl groups excluding tert-OH is 2. The van der Waals surface area contributed by atoms with Crippen LogP contribution in [0.2, 0.25) is 0 Å². The normalized spacial score (nSPS) is 29.0. The second-order valence-electron chi connectivity index (χ2n) is 4.83. The topological polar surface area (TPSA) is 177 Å². The van der Waals surface area contributed by atoms with Crippen LogP contribution in [0.25, 0.3) is 0 Å². The van der Waals surface area contributed by atoms with Gasteiger partial charge in [-0.15, -0.1) is 0 Å². The lowest BCUT2D eigenvalue weighted by Gasteiger charge is -2.18. The van der Waals surface area contributed by atoms with E-state index in [2.05, 4.69) is 9.51 Å². The number of rotatable bonds is 4. The van der Waals surface area contributed by atoms with Gasteiger partial charge in [0, 0.05) is 11.8 Å². The van der Waals surface area contributed by atoms with Crippen molar-refractivity contribution in [2.75, 3.05) is 12.3 Å². The molecule has 0 aromatic carbocycles. The summed E-state index contributed by atoms with van der Waals surface area (Å²) in [6.07, 6.45) is -4.21. The van der Waals surface area contributed by atoms with E-state index < -0.39 is 44.7 Å². The van der Waals surface area contributed by atoms with Crippen molar-refractivity contribution in [3.8, 4) is 0 Å². The fraction of sp³-hybridized carbons (Fsp3) is 0.600. The number of phosphoric acid groups is 1. The van der Waals surface area contributed by atoms with Crippen molar-refractivity contribution < 1.29 is 33.8 Å². The molecule has 0 amide bonds. The molecule has 6 N–H and O–H groups in total. The summed E-state index contributed by atoms with van der Waals surface area (Å²) >= 11 is 0. The van der Waals surface area contributed by atoms with Gasteiger partial charge in [-0.2, -0.15) is 4.98 Å². The summed E-state index contributed by atoms with van der Waals surface area (Å²) in [5.74, 6) is 0.0238. The molecule has 1 aromatic rings. The van der Waals surface area contributed by atoms with E-state index in [0.717, 1.165) is 4.57 Å². The summed E-state index contributed by atoms with van der Waals surface area (Å²) in [5.41, 5.74) is 5.15. The predicted molar refractivity (Wildman–Crippen MR) is 71.6 cm³/mol. The quantitative estimate of drug-likeness (QED) is 0.381. The van der Waals surface area contributed by atoms with Gasteiger partial charge in [-0.3, -0.25) is 9.09 Å². The van der Waals surface area contributed by atoms with Crippen LogP contribution in [-0.4, -0.2) is 54.5 Å². The maximum atomic E-state index is 11.8. The minimum atomic E-state index is -4.75. The van der Waals surface area contributed by atoms with Gasteiger partial charge in [0.2, 0.25) is 0 Å². The van der Waals surface area contributed by atoms with Gasteiger partial charge in [0.1, 0.15) is 24.1 Å². The first-order valence-corrected chi connectivity index (χ1v) is 7.70. The molecule has 0 saturated carbocycles. The van der Waals surface area contributed by atoms with Crippen molar-refractivity contribution in [3.63, 3.8) is 0 Å². The fourth-order valence-electron chi connectivity index (χ4n) is 2.03. The van der Waals surface area contributed by atoms with Crippen LogP contribution in [0.1, 0.15) is 11.8 Å². The van der Waals surface area contributed by atoms with Gasteiger partial charge in [0.05, 0.1) is 6.61 Å². The lowest BCUT2D eigenvalue weighted by Crippen LogP contribution is -2.36. The summed E-state index contributed by atoms with van der Waals surface area (Å²) < 4.78 is 21.1. The van der Waals surface area contributed by atoms with Gasteiger partial charge in [-0.1, -0.05) is 0 Å². The van der Waals surface area contributed by atoms with Gasteiger partial charge in [0.25, 0.3) is 0 Å². The SMILES string of the molecule is Cc1cn([C@@H]2OC(COP(=O)(O)O)[C@@H](O)[C@H]2O)c(=O)nc1N. The third-order valence-electron chi connectivity index (χ3n) is 3.19. The third kappa shape index (κ3) is 3.52. The molecule has 1 aliphatic heterocycles. The second kappa shape index (κ2) is 6.05. The molecule has 1 aromatic heterocycles. The molecular formula is C10H16N3O8P. The van der Waals surface area contributed by atoms with Gasteiger partial charge in [-0.25, -0.2) is 9.36 Å². The molecule has 1 aliphatic rings. The number of ether oxygens (including phenoxy) is 1. The summed E-state index contributed by atoms with van der Waals surface area (Å²) in [4.78, 5) is 32.6. The molecule has 12 heteroatoms. The monoisotopic (exact) mass is 337 g/mol. The molecule has 4 atom stereocenters. The van der Waals surface area contributed by atoms with Gasteiger partial charge < -0.3 is 30.5 Å². The van der Waals surface area contributed by atoms with E-state index in [-0.39, 0.29) is 5.82 Å². The first kappa shape index (κ1) is 17.0. The van der Waals surface area contributed by atoms with Crippen LogP contribution in [0.15, 0.2) is 11.0 Å². The van der Waals surface area contributed by atoms with Crippen LogP contribution in [-0.2, 0) is 13.8 Å². The van der Waals surface area contributed by atoms with E-state index in [9.17, 15) is 19.6 Å². The molecule has 0 spiro atoms. The highest BCUT2D eigenvalue weighted by Crippen LogP contribution is 2.38. The number of nitrogens with zero attached hydrogens (tertiary/aromatic N) is 2. The molecule has 0 aliphatic carbocycles. The predicted octanol–water partition coefficient (Wildman–Crippen LogP) is -2.14. The lowest BCUT2D eigenvalue weighted by atomic mass is 10.1. The lowest BCUT2D eigenvalue weighted by molar-refractivity contribution is -0.0542. The molecule has 2 rings (SSSR count). The standard InChI is InChI=1S/C10H16N3O8P/c1-4-2-13(10(16)12-8(4)11)9-7(15)6(14)5(21-9)3-20-22(17,18)19/h2,5-7,9,14-15H,3H2,1H3,(H2,11,12,16)(H2,17,18,19)/t5?,6-,7-,9-/m1/s1. The fourth-order valence-corrected chi connectivity index (χ4v) is 2.37. The molecule has 124 valence electrons. The van der Waals surface area contributed by atoms with E-state index in [0.29, 0.717) is 5.56 Å². The van der Waals surface area contributed by atoms with E-state index in [1.54, 1.807) is 6.92 Å². The van der Waals surface area contributed by atoms with Crippen LogP contribution < -0.4 is 11.4 Å². The largest absolute Gasteiger partial charge is 0.469 e. The molecule has 11 nitrogen and oxygen atoms in total. The van der Waals surface area contributed by atoms with E-state index in [1.807, 2.05) is 0 Å². The van der Waals surface area contributed by atoms with Crippen molar-refractivity contribution in [2.24, 2.45) is 0 Å². The van der Waals surface area contributed by atoms with Crippen LogP contribution in [0, 0.1) is 6.92 Å². The summed E-state index contributed by atoms with van der Waals surface area (Å²) in [6.45, 7) is 0.930. The Hall–Kier alpha value is -1.33. The van der Waals surface area contributed by atoms with Gasteiger partial charge in [0.15, 0.2) is 6.23 Å². The molecule has 22 heavy (non-hydrogen) atoms. The molecule has 1 fully saturated rings. The molecule has 0 bridgehead atoms. The van der Waals surface area contributed by atoms with Gasteiger partial charge >= 0.3 is 13.5 Å². The van der Waals surface area contributed by atoms with Crippen molar-refractivity contribution in [2.45, 2.75) is 31.5 Å². The zero-order chi connectivity index (χ0) is 16.7. The van der Waals surface area contributed by atoms with Crippen molar-refractivity contribution in [3.05, 3.63) is 22.2 Å². The molecule has 1 saturated heterocycles. The number of phosphoric ester groups is 1. The Morgan fingerprint density at radius 1 is 1.45 bits per heavy atom. The third-order valence-corrected chi connectivity index (χ3v) is 3.68. The maximum Gasteiger partial charge on any atom is 0.469 e. The van der Waals surface area contributed by atoms with Crippen LogP contribution in [0.3, 0.4) is 0 Å². The zero-order valence-electron chi connectivity index (χ0n) is 11.4. The Kier molecular flexibility index (Phi) is 4.68.